The largest absolute Gasteiger partial charge is 0.755 e. The molecule has 0 saturated carbocycles. The van der Waals surface area contributed by atoms with Crippen molar-refractivity contribution < 1.29 is 31.5 Å². The maximum Gasteiger partial charge on any atom is 0.433 e. The van der Waals surface area contributed by atoms with E-state index in [9.17, 15) is 31.5 Å². The quantitative estimate of drug-likeness (QED) is 0.298. The molecular formula is C24H21Cl2F3N5O4S-. The van der Waals surface area contributed by atoms with Gasteiger partial charge in [0, 0.05) is 35.3 Å². The number of primary amides is 1. The zero-order chi connectivity index (χ0) is 28.7. The number of aromatic nitrogens is 1. The van der Waals surface area contributed by atoms with Crippen LogP contribution in [-0.4, -0.2) is 38.3 Å². The lowest BCUT2D eigenvalue weighted by Crippen LogP contribution is -2.47. The van der Waals surface area contributed by atoms with Crippen molar-refractivity contribution in [1.82, 2.24) is 15.6 Å². The highest BCUT2D eigenvalue weighted by atomic mass is 35.5. The zero-order valence-corrected chi connectivity index (χ0v) is 22.2. The van der Waals surface area contributed by atoms with Crippen LogP contribution in [0.25, 0.3) is 0 Å². The van der Waals surface area contributed by atoms with E-state index < -0.39 is 41.1 Å². The fourth-order valence-electron chi connectivity index (χ4n) is 3.55. The molecule has 208 valence electrons. The molecule has 0 bridgehead atoms. The predicted molar refractivity (Wildman–Crippen MR) is 140 cm³/mol. The highest BCUT2D eigenvalue weighted by Gasteiger charge is 2.32. The highest BCUT2D eigenvalue weighted by Crippen LogP contribution is 2.28. The molecule has 0 aliphatic heterocycles. The summed E-state index contributed by atoms with van der Waals surface area (Å²) in [6, 6.07) is 10.8. The summed E-state index contributed by atoms with van der Waals surface area (Å²) in [5.74, 6) is -0.542. The molecule has 0 spiro atoms. The van der Waals surface area contributed by atoms with E-state index in [1.807, 2.05) is 0 Å². The van der Waals surface area contributed by atoms with Crippen molar-refractivity contribution in [1.29, 1.82) is 0 Å². The van der Waals surface area contributed by atoms with E-state index in [1.54, 1.807) is 18.2 Å². The maximum atomic E-state index is 12.6. The molecule has 4 N–H and O–H groups in total. The van der Waals surface area contributed by atoms with E-state index in [1.165, 1.54) is 30.3 Å². The second-order valence-electron chi connectivity index (χ2n) is 8.18. The second kappa shape index (κ2) is 13.1. The van der Waals surface area contributed by atoms with Crippen molar-refractivity contribution >= 4 is 52.1 Å². The second-order valence-corrected chi connectivity index (χ2v) is 9.84. The van der Waals surface area contributed by atoms with E-state index in [4.69, 9.17) is 28.9 Å². The third kappa shape index (κ3) is 8.55. The van der Waals surface area contributed by atoms with Crippen molar-refractivity contribution in [3.63, 3.8) is 0 Å². The first-order chi connectivity index (χ1) is 18.3. The number of benzene rings is 2. The minimum absolute atomic E-state index is 0.0745. The SMILES string of the molecule is NC(=O)NC(Cc1cccc(Cl)c1Cl)CN(c1ccc(C(=O)NCc2ccc(C(F)(F)F)nc2)cc1)S(=O)[O-]. The minimum atomic E-state index is -4.57. The van der Waals surface area contributed by atoms with Gasteiger partial charge in [0.1, 0.15) is 5.69 Å². The minimum Gasteiger partial charge on any atom is -0.755 e. The number of urea groups is 1. The molecule has 0 aliphatic carbocycles. The molecule has 2 atom stereocenters. The lowest BCUT2D eigenvalue weighted by atomic mass is 10.1. The topological polar surface area (TPSA) is 140 Å². The van der Waals surface area contributed by atoms with Gasteiger partial charge in [0.2, 0.25) is 0 Å². The number of nitrogens with one attached hydrogen (secondary N) is 2. The standard InChI is InChI=1S/C24H22Cl2F3N5O4S/c25-19-3-1-2-16(21(19)26)10-17(33-23(30)36)13-34(39(37)38)18-7-5-15(6-8-18)22(35)32-12-14-4-9-20(31-11-14)24(27,28)29/h1-9,11,17H,10,12-13H2,(H,32,35)(H,37,38)(H3,30,33,36)/p-1. The van der Waals surface area contributed by atoms with Gasteiger partial charge in [-0.05, 0) is 53.9 Å². The van der Waals surface area contributed by atoms with Crippen LogP contribution in [0.1, 0.15) is 27.2 Å². The van der Waals surface area contributed by atoms with E-state index in [2.05, 4.69) is 15.6 Å². The number of anilines is 1. The van der Waals surface area contributed by atoms with Crippen molar-refractivity contribution in [3.05, 3.63) is 93.2 Å². The molecule has 3 aromatic rings. The van der Waals surface area contributed by atoms with Crippen LogP contribution in [0.4, 0.5) is 23.7 Å². The van der Waals surface area contributed by atoms with Crippen LogP contribution in [0.3, 0.4) is 0 Å². The van der Waals surface area contributed by atoms with Crippen molar-refractivity contribution in [2.24, 2.45) is 5.73 Å². The Balaban J connectivity index is 1.69. The molecule has 9 nitrogen and oxygen atoms in total. The molecule has 3 amide bonds. The monoisotopic (exact) mass is 602 g/mol. The van der Waals surface area contributed by atoms with Gasteiger partial charge < -0.3 is 25.2 Å². The summed E-state index contributed by atoms with van der Waals surface area (Å²) in [5.41, 5.74) is 5.52. The maximum absolute atomic E-state index is 12.6. The van der Waals surface area contributed by atoms with E-state index in [0.29, 0.717) is 16.1 Å². The molecule has 0 aliphatic rings. The third-order valence-corrected chi connectivity index (χ3v) is 6.97. The number of carbonyl (C=O) groups is 2. The number of hydrogen-bond acceptors (Lipinski definition) is 5. The van der Waals surface area contributed by atoms with Crippen molar-refractivity contribution in [2.75, 3.05) is 10.8 Å². The van der Waals surface area contributed by atoms with Gasteiger partial charge >= 0.3 is 12.2 Å². The van der Waals surface area contributed by atoms with Crippen LogP contribution >= 0.6 is 23.2 Å². The Hall–Kier alpha value is -3.39. The Morgan fingerprint density at radius 1 is 1.10 bits per heavy atom. The molecular weight excluding hydrogens is 582 g/mol. The third-order valence-electron chi connectivity index (χ3n) is 5.40. The van der Waals surface area contributed by atoms with Gasteiger partial charge in [0.05, 0.1) is 22.6 Å². The summed E-state index contributed by atoms with van der Waals surface area (Å²) in [6.45, 7) is -0.288. The number of pyridine rings is 1. The summed E-state index contributed by atoms with van der Waals surface area (Å²) < 4.78 is 63.0. The van der Waals surface area contributed by atoms with Crippen LogP contribution in [0.15, 0.2) is 60.8 Å². The van der Waals surface area contributed by atoms with Crippen LogP contribution in [0, 0.1) is 0 Å². The highest BCUT2D eigenvalue weighted by molar-refractivity contribution is 7.80. The number of alkyl halides is 3. The Labute approximate surface area is 233 Å². The molecule has 1 aromatic heterocycles. The molecule has 1 heterocycles. The number of rotatable bonds is 10. The van der Waals surface area contributed by atoms with Gasteiger partial charge in [0.15, 0.2) is 0 Å². The van der Waals surface area contributed by atoms with E-state index in [-0.39, 0.29) is 35.8 Å². The Kier molecular flexibility index (Phi) is 10.1. The van der Waals surface area contributed by atoms with Gasteiger partial charge in [-0.25, -0.2) is 4.79 Å². The zero-order valence-electron chi connectivity index (χ0n) is 19.9. The average Bonchev–Trinajstić information content (AvgIpc) is 2.87. The molecule has 39 heavy (non-hydrogen) atoms. The number of hydrogen-bond donors (Lipinski definition) is 3. The predicted octanol–water partition coefficient (Wildman–Crippen LogP) is 4.22. The average molecular weight is 603 g/mol. The molecule has 0 radical (unpaired) electrons. The van der Waals surface area contributed by atoms with E-state index in [0.717, 1.165) is 16.6 Å². The lowest BCUT2D eigenvalue weighted by molar-refractivity contribution is -0.141. The first-order valence-corrected chi connectivity index (χ1v) is 12.9. The number of nitrogens with two attached hydrogens (primary N) is 1. The Bertz CT molecular complexity index is 1350. The van der Waals surface area contributed by atoms with Crippen LogP contribution in [0.2, 0.25) is 10.0 Å². The molecule has 2 unspecified atom stereocenters. The summed E-state index contributed by atoms with van der Waals surface area (Å²) in [6.07, 6.45) is -3.43. The van der Waals surface area contributed by atoms with Gasteiger partial charge in [-0.3, -0.25) is 14.0 Å². The molecule has 3 rings (SSSR count). The normalized spacial score (nSPS) is 12.9. The molecule has 0 fully saturated rings. The Morgan fingerprint density at radius 2 is 1.79 bits per heavy atom. The number of halogens is 5. The van der Waals surface area contributed by atoms with Crippen molar-refractivity contribution in [2.45, 2.75) is 25.2 Å². The van der Waals surface area contributed by atoms with Gasteiger partial charge in [-0.2, -0.15) is 13.2 Å². The summed E-state index contributed by atoms with van der Waals surface area (Å²) >= 11 is 9.51. The number of amides is 3. The fourth-order valence-corrected chi connectivity index (χ4v) is 4.54. The summed E-state index contributed by atoms with van der Waals surface area (Å²) in [4.78, 5) is 27.4. The van der Waals surface area contributed by atoms with Crippen LogP contribution < -0.4 is 20.7 Å². The first-order valence-electron chi connectivity index (χ1n) is 11.1. The van der Waals surface area contributed by atoms with E-state index >= 15 is 0 Å². The lowest BCUT2D eigenvalue weighted by Gasteiger charge is -2.31. The first kappa shape index (κ1) is 30.2. The van der Waals surface area contributed by atoms with Crippen LogP contribution in [0.5, 0.6) is 0 Å². The smallest absolute Gasteiger partial charge is 0.433 e. The molecule has 15 heteroatoms. The van der Waals surface area contributed by atoms with Gasteiger partial charge in [-0.1, -0.05) is 41.4 Å². The number of nitrogens with zero attached hydrogens (tertiary/aromatic N) is 2. The Morgan fingerprint density at radius 3 is 2.36 bits per heavy atom. The summed E-state index contributed by atoms with van der Waals surface area (Å²) in [7, 11) is 0. The number of carbonyl (C=O) groups excluding carboxylic acids is 2. The van der Waals surface area contributed by atoms with Gasteiger partial charge in [0.25, 0.3) is 5.91 Å². The fraction of sp³-hybridized carbons (Fsp3) is 0.208. The molecule has 0 saturated heterocycles. The summed E-state index contributed by atoms with van der Waals surface area (Å²) in [5, 5.41) is 5.60. The van der Waals surface area contributed by atoms with Gasteiger partial charge in [-0.15, -0.1) is 0 Å². The molecule has 2 aromatic carbocycles. The van der Waals surface area contributed by atoms with Crippen LogP contribution in [-0.2, 0) is 30.4 Å². The van der Waals surface area contributed by atoms with Crippen molar-refractivity contribution in [3.8, 4) is 0 Å².